The van der Waals surface area contributed by atoms with Crippen LogP contribution in [0.4, 0.5) is 12.9 Å². The van der Waals surface area contributed by atoms with E-state index in [0.717, 1.165) is 12.1 Å². The van der Waals surface area contributed by atoms with Crippen LogP contribution >= 0.6 is 0 Å². The van der Waals surface area contributed by atoms with Crippen molar-refractivity contribution in [1.82, 2.24) is 4.98 Å². The zero-order chi connectivity index (χ0) is 10.3. The summed E-state index contributed by atoms with van der Waals surface area (Å²) in [5.74, 6) is 0.367. The Morgan fingerprint density at radius 3 is 2.53 bits per heavy atom. The summed E-state index contributed by atoms with van der Waals surface area (Å²) in [7, 11) is 0. The first kappa shape index (κ1) is 13.2. The van der Waals surface area contributed by atoms with Crippen LogP contribution in [-0.2, 0) is 0 Å². The van der Waals surface area contributed by atoms with E-state index in [9.17, 15) is 12.9 Å². The maximum atomic E-state index is 12.3. The van der Waals surface area contributed by atoms with Gasteiger partial charge < -0.3 is 17.4 Å². The van der Waals surface area contributed by atoms with Crippen molar-refractivity contribution >= 4 is 23.5 Å². The van der Waals surface area contributed by atoms with Crippen molar-refractivity contribution in [3.8, 4) is 0 Å². The number of oxazole rings is 1. The number of nitrogens with zero attached hydrogens (tertiary/aromatic N) is 1. The third-order valence-corrected chi connectivity index (χ3v) is 1.90. The molecule has 1 aromatic heterocycles. The SMILES string of the molecule is Cc1nc2ccc([B-](F)(F)F)cc2o1.[K+]. The first-order chi connectivity index (χ1) is 6.47. The number of rotatable bonds is 1. The molecular weight excluding hydrogens is 233 g/mol. The van der Waals surface area contributed by atoms with Gasteiger partial charge in [-0.05, 0) is 12.1 Å². The maximum absolute atomic E-state index is 12.3. The summed E-state index contributed by atoms with van der Waals surface area (Å²) < 4.78 is 42.0. The number of fused-ring (bicyclic) bond motifs is 1. The van der Waals surface area contributed by atoms with Crippen molar-refractivity contribution in [3.05, 3.63) is 24.1 Å². The van der Waals surface area contributed by atoms with Gasteiger partial charge in [0.05, 0.1) is 0 Å². The Bertz CT molecular complexity index is 482. The van der Waals surface area contributed by atoms with Gasteiger partial charge in [0.1, 0.15) is 5.52 Å². The van der Waals surface area contributed by atoms with E-state index < -0.39 is 12.4 Å². The molecule has 0 fully saturated rings. The third-order valence-electron chi connectivity index (χ3n) is 1.90. The van der Waals surface area contributed by atoms with Crippen LogP contribution in [0.5, 0.6) is 0 Å². The Labute approximate surface area is 127 Å². The quantitative estimate of drug-likeness (QED) is 0.608. The molecule has 0 unspecified atom stereocenters. The van der Waals surface area contributed by atoms with Crippen LogP contribution in [-0.4, -0.2) is 12.0 Å². The Kier molecular flexibility index (Phi) is 4.05. The third kappa shape index (κ3) is 2.85. The zero-order valence-corrected chi connectivity index (χ0v) is 11.4. The summed E-state index contributed by atoms with van der Waals surface area (Å²) in [6.45, 7) is -3.37. The van der Waals surface area contributed by atoms with Gasteiger partial charge in [-0.15, -0.1) is 5.46 Å². The monoisotopic (exact) mass is 239 g/mol. The Balaban J connectivity index is 0.00000112. The van der Waals surface area contributed by atoms with E-state index in [2.05, 4.69) is 4.98 Å². The van der Waals surface area contributed by atoms with Crippen LogP contribution in [0, 0.1) is 6.92 Å². The summed E-state index contributed by atoms with van der Waals surface area (Å²) in [5.41, 5.74) is -0.0286. The maximum Gasteiger partial charge on any atom is 1.00 e. The topological polar surface area (TPSA) is 26.0 Å². The van der Waals surface area contributed by atoms with Crippen LogP contribution in [0.3, 0.4) is 0 Å². The molecule has 74 valence electrons. The van der Waals surface area contributed by atoms with Gasteiger partial charge in [-0.3, -0.25) is 0 Å². The molecule has 0 saturated heterocycles. The second-order valence-electron chi connectivity index (χ2n) is 3.03. The molecule has 2 rings (SSSR count). The van der Waals surface area contributed by atoms with E-state index in [0.29, 0.717) is 11.4 Å². The van der Waals surface area contributed by atoms with E-state index in [-0.39, 0.29) is 57.0 Å². The average molecular weight is 239 g/mol. The van der Waals surface area contributed by atoms with E-state index >= 15 is 0 Å². The molecule has 0 N–H and O–H groups in total. The van der Waals surface area contributed by atoms with E-state index in [4.69, 9.17) is 4.42 Å². The number of hydrogen-bond acceptors (Lipinski definition) is 2. The second kappa shape index (κ2) is 4.59. The molecule has 0 bridgehead atoms. The van der Waals surface area contributed by atoms with Crippen LogP contribution in [0.2, 0.25) is 0 Å². The summed E-state index contributed by atoms with van der Waals surface area (Å²) in [5, 5.41) is 0. The van der Waals surface area contributed by atoms with Crippen LogP contribution in [0.1, 0.15) is 5.89 Å². The minimum absolute atomic E-state index is 0. The minimum atomic E-state index is -4.96. The molecule has 1 heterocycles. The molecule has 0 saturated carbocycles. The molecule has 0 radical (unpaired) electrons. The van der Waals surface area contributed by atoms with Gasteiger partial charge in [-0.1, -0.05) is 6.07 Å². The minimum Gasteiger partial charge on any atom is -0.445 e. The predicted molar refractivity (Wildman–Crippen MR) is 47.5 cm³/mol. The Hall–Kier alpha value is 0.181. The smallest absolute Gasteiger partial charge is 0.445 e. The van der Waals surface area contributed by atoms with Crippen molar-refractivity contribution in [1.29, 1.82) is 0 Å². The van der Waals surface area contributed by atoms with Gasteiger partial charge in [0.2, 0.25) is 0 Å². The van der Waals surface area contributed by atoms with Crippen molar-refractivity contribution < 1.29 is 68.7 Å². The van der Waals surface area contributed by atoms with Crippen molar-refractivity contribution in [3.63, 3.8) is 0 Å². The van der Waals surface area contributed by atoms with Gasteiger partial charge in [-0.2, -0.15) is 0 Å². The predicted octanol–water partition coefficient (Wildman–Crippen LogP) is -0.805. The van der Waals surface area contributed by atoms with E-state index in [1.54, 1.807) is 6.92 Å². The van der Waals surface area contributed by atoms with Gasteiger partial charge in [0.25, 0.3) is 0 Å². The number of benzene rings is 1. The molecule has 15 heavy (non-hydrogen) atoms. The Morgan fingerprint density at radius 1 is 1.27 bits per heavy atom. The zero-order valence-electron chi connectivity index (χ0n) is 8.30. The van der Waals surface area contributed by atoms with Gasteiger partial charge in [0.15, 0.2) is 11.5 Å². The van der Waals surface area contributed by atoms with Crippen molar-refractivity contribution in [2.24, 2.45) is 0 Å². The average Bonchev–Trinajstić information content (AvgIpc) is 2.41. The molecular formula is C8H6BF3KNO. The molecule has 0 amide bonds. The Morgan fingerprint density at radius 2 is 1.93 bits per heavy atom. The summed E-state index contributed by atoms with van der Waals surface area (Å²) in [4.78, 5) is 3.91. The molecule has 2 nitrogen and oxygen atoms in total. The van der Waals surface area contributed by atoms with E-state index in [1.165, 1.54) is 6.07 Å². The fourth-order valence-electron chi connectivity index (χ4n) is 1.26. The first-order valence-electron chi connectivity index (χ1n) is 4.04. The van der Waals surface area contributed by atoms with Gasteiger partial charge in [0, 0.05) is 6.92 Å². The van der Waals surface area contributed by atoms with Gasteiger partial charge in [-0.25, -0.2) is 4.98 Å². The molecule has 2 aromatic rings. The number of aromatic nitrogens is 1. The van der Waals surface area contributed by atoms with Crippen molar-refractivity contribution in [2.75, 3.05) is 0 Å². The van der Waals surface area contributed by atoms with Crippen LogP contribution < -0.4 is 56.8 Å². The fourth-order valence-corrected chi connectivity index (χ4v) is 1.26. The normalized spacial score (nSPS) is 11.5. The molecule has 0 spiro atoms. The van der Waals surface area contributed by atoms with Crippen LogP contribution in [0.25, 0.3) is 11.1 Å². The number of hydrogen-bond donors (Lipinski definition) is 0. The number of aryl methyl sites for hydroxylation is 1. The number of halogens is 3. The summed E-state index contributed by atoms with van der Waals surface area (Å²) >= 11 is 0. The molecule has 0 aliphatic carbocycles. The second-order valence-corrected chi connectivity index (χ2v) is 3.03. The van der Waals surface area contributed by atoms with E-state index in [1.807, 2.05) is 0 Å². The van der Waals surface area contributed by atoms with Gasteiger partial charge >= 0.3 is 58.4 Å². The molecule has 0 aliphatic heterocycles. The molecule has 0 atom stereocenters. The standard InChI is InChI=1S/C8H6BF3NO.K/c1-5-13-7-3-2-6(9(10,11)12)4-8(7)14-5;/h2-4H,1H3;/q-1;+1. The summed E-state index contributed by atoms with van der Waals surface area (Å²) in [6, 6.07) is 3.32. The van der Waals surface area contributed by atoms with Crippen LogP contribution in [0.15, 0.2) is 22.6 Å². The summed E-state index contributed by atoms with van der Waals surface area (Å²) in [6.07, 6.45) is 0. The first-order valence-corrected chi connectivity index (χ1v) is 4.04. The molecule has 1 aromatic carbocycles. The largest absolute Gasteiger partial charge is 1.00 e. The molecule has 7 heteroatoms. The van der Waals surface area contributed by atoms with Crippen molar-refractivity contribution in [2.45, 2.75) is 6.92 Å². The molecule has 0 aliphatic rings. The fraction of sp³-hybridized carbons (Fsp3) is 0.125.